The van der Waals surface area contributed by atoms with Gasteiger partial charge in [-0.25, -0.2) is 4.68 Å². The van der Waals surface area contributed by atoms with Crippen molar-refractivity contribution >= 4 is 23.1 Å². The van der Waals surface area contributed by atoms with Gasteiger partial charge >= 0.3 is 0 Å². The highest BCUT2D eigenvalue weighted by Gasteiger charge is 2.17. The summed E-state index contributed by atoms with van der Waals surface area (Å²) in [7, 11) is 0. The molecule has 3 heterocycles. The van der Waals surface area contributed by atoms with Crippen LogP contribution in [0, 0.1) is 17.7 Å². The summed E-state index contributed by atoms with van der Waals surface area (Å²) >= 11 is 0. The molecule has 36 heavy (non-hydrogen) atoms. The molecule has 0 radical (unpaired) electrons. The molecular formula is C27H31N9. The van der Waals surface area contributed by atoms with E-state index in [1.807, 2.05) is 21.4 Å². The molecule has 9 heteroatoms. The van der Waals surface area contributed by atoms with Gasteiger partial charge in [0.25, 0.3) is 0 Å². The fourth-order valence-corrected chi connectivity index (χ4v) is 4.80. The Balaban J connectivity index is 1.31. The van der Waals surface area contributed by atoms with Gasteiger partial charge < -0.3 is 21.3 Å². The van der Waals surface area contributed by atoms with Crippen LogP contribution in [-0.4, -0.2) is 62.9 Å². The second-order valence-corrected chi connectivity index (χ2v) is 9.18. The Bertz CT molecular complexity index is 1240. The van der Waals surface area contributed by atoms with Gasteiger partial charge in [0.05, 0.1) is 11.4 Å². The van der Waals surface area contributed by atoms with Gasteiger partial charge in [-0.1, -0.05) is 53.8 Å². The molecule has 9 nitrogen and oxygen atoms in total. The molecule has 2 aliphatic heterocycles. The van der Waals surface area contributed by atoms with Gasteiger partial charge in [0, 0.05) is 31.7 Å². The molecule has 184 valence electrons. The highest BCUT2D eigenvalue weighted by Crippen LogP contribution is 2.28. The highest BCUT2D eigenvalue weighted by molar-refractivity contribution is 5.78. The molecule has 0 bridgehead atoms. The number of guanidine groups is 2. The molecule has 0 aliphatic carbocycles. The lowest BCUT2D eigenvalue weighted by Crippen LogP contribution is -2.39. The van der Waals surface area contributed by atoms with Crippen LogP contribution in [0.1, 0.15) is 29.7 Å². The van der Waals surface area contributed by atoms with E-state index in [1.54, 1.807) is 0 Å². The van der Waals surface area contributed by atoms with Crippen LogP contribution < -0.4 is 11.5 Å². The summed E-state index contributed by atoms with van der Waals surface area (Å²) in [6.45, 7) is 4.92. The highest BCUT2D eigenvalue weighted by atomic mass is 15.4. The Hall–Kier alpha value is -4.40. The lowest BCUT2D eigenvalue weighted by molar-refractivity contribution is 0.451. The molecule has 0 amide bonds. The molecular weight excluding hydrogens is 450 g/mol. The summed E-state index contributed by atoms with van der Waals surface area (Å²) in [6.07, 6.45) is 6.03. The van der Waals surface area contributed by atoms with E-state index in [9.17, 15) is 0 Å². The Labute approximate surface area is 210 Å². The summed E-state index contributed by atoms with van der Waals surface area (Å²) in [4.78, 5) is 3.72. The molecule has 6 N–H and O–H groups in total. The summed E-state index contributed by atoms with van der Waals surface area (Å²) < 4.78 is 1.87. The summed E-state index contributed by atoms with van der Waals surface area (Å²) in [5.41, 5.74) is 20.0. The zero-order valence-corrected chi connectivity index (χ0v) is 20.4. The van der Waals surface area contributed by atoms with E-state index >= 15 is 0 Å². The second-order valence-electron chi connectivity index (χ2n) is 9.18. The van der Waals surface area contributed by atoms with Crippen molar-refractivity contribution < 1.29 is 0 Å². The minimum atomic E-state index is 0.125. The van der Waals surface area contributed by atoms with Crippen LogP contribution in [0.5, 0.6) is 0 Å². The van der Waals surface area contributed by atoms with E-state index in [2.05, 4.69) is 71.0 Å². The van der Waals surface area contributed by atoms with Crippen molar-refractivity contribution in [2.24, 2.45) is 11.5 Å². The Morgan fingerprint density at radius 1 is 0.750 bits per heavy atom. The first-order valence-corrected chi connectivity index (χ1v) is 12.1. The van der Waals surface area contributed by atoms with Crippen molar-refractivity contribution in [3.05, 3.63) is 77.5 Å². The number of rotatable bonds is 4. The standard InChI is InChI=1S/C27H31N9/c1-18-25(23-4-2-19(3-5-23)21-10-14-34(15-11-21)26(28)29)32-33-36(18)24-8-6-20(7-9-24)22-12-16-35(17-13-22)27(30)31/h2-10,12H,11,13-17H2,1H3,(H3,28,29)(H3,30,31). The Morgan fingerprint density at radius 3 is 1.67 bits per heavy atom. The number of nitrogens with one attached hydrogen (secondary N) is 2. The summed E-state index contributed by atoms with van der Waals surface area (Å²) in [5.74, 6) is 0.251. The van der Waals surface area contributed by atoms with Crippen molar-refractivity contribution in [3.8, 4) is 16.9 Å². The SMILES string of the molecule is Cc1c(-c2ccc(C3=CCN(C(=N)N)CC3)cc2)nnn1-c1ccc(C2=CCN(C(=N)N)CC2)cc1. The molecule has 0 saturated heterocycles. The van der Waals surface area contributed by atoms with Gasteiger partial charge in [-0.15, -0.1) is 5.10 Å². The Kier molecular flexibility index (Phi) is 6.28. The van der Waals surface area contributed by atoms with Crippen LogP contribution in [0.15, 0.2) is 60.7 Å². The van der Waals surface area contributed by atoms with Crippen LogP contribution in [-0.2, 0) is 0 Å². The third-order valence-electron chi connectivity index (χ3n) is 7.01. The fraction of sp³-hybridized carbons (Fsp3) is 0.259. The van der Waals surface area contributed by atoms with Crippen molar-refractivity contribution in [1.82, 2.24) is 24.8 Å². The minimum Gasteiger partial charge on any atom is -0.370 e. The van der Waals surface area contributed by atoms with Crippen molar-refractivity contribution in [2.45, 2.75) is 19.8 Å². The van der Waals surface area contributed by atoms with Crippen LogP contribution in [0.3, 0.4) is 0 Å². The molecule has 0 fully saturated rings. The molecule has 0 saturated carbocycles. The van der Waals surface area contributed by atoms with Crippen LogP contribution in [0.4, 0.5) is 0 Å². The van der Waals surface area contributed by atoms with Gasteiger partial charge in [-0.05, 0) is 54.2 Å². The molecule has 0 unspecified atom stereocenters. The number of benzene rings is 2. The minimum absolute atomic E-state index is 0.125. The molecule has 0 spiro atoms. The average Bonchev–Trinajstić information content (AvgIpc) is 3.30. The van der Waals surface area contributed by atoms with Crippen molar-refractivity contribution in [3.63, 3.8) is 0 Å². The molecule has 5 rings (SSSR count). The maximum Gasteiger partial charge on any atom is 0.188 e. The van der Waals surface area contributed by atoms with E-state index in [-0.39, 0.29) is 11.9 Å². The van der Waals surface area contributed by atoms with E-state index in [0.29, 0.717) is 13.1 Å². The van der Waals surface area contributed by atoms with Gasteiger partial charge in [-0.2, -0.15) is 0 Å². The van der Waals surface area contributed by atoms with Gasteiger partial charge in [0.1, 0.15) is 5.69 Å². The van der Waals surface area contributed by atoms with E-state index < -0.39 is 0 Å². The zero-order chi connectivity index (χ0) is 25.2. The molecule has 3 aromatic rings. The van der Waals surface area contributed by atoms with Crippen molar-refractivity contribution in [2.75, 3.05) is 26.2 Å². The summed E-state index contributed by atoms with van der Waals surface area (Å²) in [6, 6.07) is 16.8. The molecule has 2 aliphatic rings. The fourth-order valence-electron chi connectivity index (χ4n) is 4.80. The number of nitrogens with two attached hydrogens (primary N) is 2. The topological polar surface area (TPSA) is 137 Å². The van der Waals surface area contributed by atoms with Crippen molar-refractivity contribution in [1.29, 1.82) is 10.8 Å². The third-order valence-corrected chi connectivity index (χ3v) is 7.01. The smallest absolute Gasteiger partial charge is 0.188 e. The predicted molar refractivity (Wildman–Crippen MR) is 144 cm³/mol. The first kappa shape index (κ1) is 23.3. The van der Waals surface area contributed by atoms with Crippen LogP contribution in [0.2, 0.25) is 0 Å². The lowest BCUT2D eigenvalue weighted by Gasteiger charge is -2.26. The number of aromatic nitrogens is 3. The van der Waals surface area contributed by atoms with Gasteiger partial charge in [0.2, 0.25) is 0 Å². The molecule has 1 aromatic heterocycles. The monoisotopic (exact) mass is 481 g/mol. The maximum absolute atomic E-state index is 7.59. The second kappa shape index (κ2) is 9.69. The summed E-state index contributed by atoms with van der Waals surface area (Å²) in [5, 5.41) is 24.1. The normalized spacial score (nSPS) is 15.9. The lowest BCUT2D eigenvalue weighted by atomic mass is 9.97. The van der Waals surface area contributed by atoms with Crippen LogP contribution >= 0.6 is 0 Å². The van der Waals surface area contributed by atoms with Gasteiger partial charge in [0.15, 0.2) is 11.9 Å². The van der Waals surface area contributed by atoms with Gasteiger partial charge in [-0.3, -0.25) is 10.8 Å². The first-order valence-electron chi connectivity index (χ1n) is 12.1. The van der Waals surface area contributed by atoms with E-state index in [0.717, 1.165) is 48.6 Å². The van der Waals surface area contributed by atoms with E-state index in [4.69, 9.17) is 22.3 Å². The zero-order valence-electron chi connectivity index (χ0n) is 20.4. The predicted octanol–water partition coefficient (Wildman–Crippen LogP) is 3.21. The first-order chi connectivity index (χ1) is 17.4. The van der Waals surface area contributed by atoms with E-state index in [1.165, 1.54) is 22.3 Å². The molecule has 2 aromatic carbocycles. The number of nitrogens with zero attached hydrogens (tertiary/aromatic N) is 5. The third kappa shape index (κ3) is 4.59. The molecule has 0 atom stereocenters. The largest absolute Gasteiger partial charge is 0.370 e. The average molecular weight is 482 g/mol. The number of hydrogen-bond donors (Lipinski definition) is 4. The quantitative estimate of drug-likeness (QED) is 0.334. The number of hydrogen-bond acceptors (Lipinski definition) is 4. The Morgan fingerprint density at radius 2 is 1.22 bits per heavy atom. The maximum atomic E-state index is 7.59. The van der Waals surface area contributed by atoms with Crippen LogP contribution in [0.25, 0.3) is 28.1 Å².